The van der Waals surface area contributed by atoms with Crippen LogP contribution in [-0.4, -0.2) is 25.7 Å². The molecule has 5 heteroatoms. The van der Waals surface area contributed by atoms with Gasteiger partial charge in [-0.2, -0.15) is 0 Å². The molecule has 0 fully saturated rings. The van der Waals surface area contributed by atoms with E-state index in [1.807, 2.05) is 19.1 Å². The van der Waals surface area contributed by atoms with Gasteiger partial charge >= 0.3 is 6.03 Å². The predicted octanol–water partition coefficient (Wildman–Crippen LogP) is 3.13. The highest BCUT2D eigenvalue weighted by Gasteiger charge is 2.00. The molecule has 0 aliphatic rings. The quantitative estimate of drug-likeness (QED) is 0.756. The molecule has 19 heavy (non-hydrogen) atoms. The molecule has 106 valence electrons. The molecule has 0 saturated heterocycles. The van der Waals surface area contributed by atoms with Crippen molar-refractivity contribution in [3.05, 3.63) is 28.8 Å². The van der Waals surface area contributed by atoms with Gasteiger partial charge in [-0.15, -0.1) is 0 Å². The molecule has 1 aromatic rings. The standard InChI is InChI=1S/C14H21ClN2O2/c1-3-4-7-16-14(18)17-8-9-19-12-5-6-13(15)11(2)10-12/h5-6,10H,3-4,7-9H2,1-2H3,(H2,16,17,18). The fourth-order valence-corrected chi connectivity index (χ4v) is 1.60. The molecule has 0 aliphatic heterocycles. The Morgan fingerprint density at radius 1 is 1.32 bits per heavy atom. The summed E-state index contributed by atoms with van der Waals surface area (Å²) < 4.78 is 5.52. The number of benzene rings is 1. The van der Waals surface area contributed by atoms with E-state index in [1.54, 1.807) is 6.07 Å². The molecule has 0 spiro atoms. The minimum absolute atomic E-state index is 0.149. The molecule has 0 aliphatic carbocycles. The van der Waals surface area contributed by atoms with Crippen molar-refractivity contribution >= 4 is 17.6 Å². The van der Waals surface area contributed by atoms with Crippen LogP contribution in [0.1, 0.15) is 25.3 Å². The first kappa shape index (κ1) is 15.6. The topological polar surface area (TPSA) is 50.4 Å². The van der Waals surface area contributed by atoms with Gasteiger partial charge in [0.25, 0.3) is 0 Å². The van der Waals surface area contributed by atoms with Gasteiger partial charge in [0, 0.05) is 11.6 Å². The van der Waals surface area contributed by atoms with Crippen LogP contribution in [0.4, 0.5) is 4.79 Å². The van der Waals surface area contributed by atoms with E-state index in [-0.39, 0.29) is 6.03 Å². The second-order valence-corrected chi connectivity index (χ2v) is 4.70. The lowest BCUT2D eigenvalue weighted by Gasteiger charge is -2.09. The summed E-state index contributed by atoms with van der Waals surface area (Å²) in [4.78, 5) is 11.3. The highest BCUT2D eigenvalue weighted by atomic mass is 35.5. The summed E-state index contributed by atoms with van der Waals surface area (Å²) >= 11 is 5.92. The normalized spacial score (nSPS) is 10.1. The van der Waals surface area contributed by atoms with Crippen molar-refractivity contribution in [2.45, 2.75) is 26.7 Å². The summed E-state index contributed by atoms with van der Waals surface area (Å²) in [5, 5.41) is 6.24. The van der Waals surface area contributed by atoms with Crippen molar-refractivity contribution in [1.29, 1.82) is 0 Å². The van der Waals surface area contributed by atoms with Crippen LogP contribution in [0, 0.1) is 6.92 Å². The fourth-order valence-electron chi connectivity index (χ4n) is 1.48. The molecular formula is C14H21ClN2O2. The number of carbonyl (C=O) groups is 1. The van der Waals surface area contributed by atoms with Gasteiger partial charge in [0.1, 0.15) is 12.4 Å². The van der Waals surface area contributed by atoms with Gasteiger partial charge in [0.2, 0.25) is 0 Å². The summed E-state index contributed by atoms with van der Waals surface area (Å²) in [6.45, 7) is 5.62. The van der Waals surface area contributed by atoms with Crippen molar-refractivity contribution in [2.24, 2.45) is 0 Å². The first-order valence-corrected chi connectivity index (χ1v) is 6.92. The van der Waals surface area contributed by atoms with Crippen LogP contribution in [0.25, 0.3) is 0 Å². The van der Waals surface area contributed by atoms with E-state index in [4.69, 9.17) is 16.3 Å². The van der Waals surface area contributed by atoms with E-state index in [1.165, 1.54) is 0 Å². The third-order valence-corrected chi connectivity index (χ3v) is 3.03. The maximum Gasteiger partial charge on any atom is 0.314 e. The zero-order valence-corrected chi connectivity index (χ0v) is 12.2. The fraction of sp³-hybridized carbons (Fsp3) is 0.500. The van der Waals surface area contributed by atoms with Crippen molar-refractivity contribution in [2.75, 3.05) is 19.7 Å². The van der Waals surface area contributed by atoms with E-state index < -0.39 is 0 Å². The number of aryl methyl sites for hydroxylation is 1. The molecular weight excluding hydrogens is 264 g/mol. The third kappa shape index (κ3) is 6.34. The molecule has 2 amide bonds. The zero-order chi connectivity index (χ0) is 14.1. The summed E-state index contributed by atoms with van der Waals surface area (Å²) in [5.74, 6) is 0.759. The molecule has 0 aromatic heterocycles. The van der Waals surface area contributed by atoms with E-state index in [0.717, 1.165) is 29.2 Å². The van der Waals surface area contributed by atoms with E-state index in [2.05, 4.69) is 17.6 Å². The highest BCUT2D eigenvalue weighted by Crippen LogP contribution is 2.20. The van der Waals surface area contributed by atoms with Gasteiger partial charge in [0.05, 0.1) is 6.54 Å². The van der Waals surface area contributed by atoms with E-state index in [9.17, 15) is 4.79 Å². The molecule has 0 atom stereocenters. The van der Waals surface area contributed by atoms with Crippen LogP contribution in [0.15, 0.2) is 18.2 Å². The molecule has 1 aromatic carbocycles. The van der Waals surface area contributed by atoms with Crippen LogP contribution in [0.3, 0.4) is 0 Å². The number of amides is 2. The Kier molecular flexibility index (Phi) is 7.11. The summed E-state index contributed by atoms with van der Waals surface area (Å²) in [6.07, 6.45) is 2.06. The van der Waals surface area contributed by atoms with Crippen molar-refractivity contribution < 1.29 is 9.53 Å². The minimum atomic E-state index is -0.149. The number of rotatable bonds is 7. The van der Waals surface area contributed by atoms with Crippen molar-refractivity contribution in [1.82, 2.24) is 10.6 Å². The average molecular weight is 285 g/mol. The van der Waals surface area contributed by atoms with Crippen LogP contribution in [0.2, 0.25) is 5.02 Å². The van der Waals surface area contributed by atoms with Gasteiger partial charge in [-0.05, 0) is 37.1 Å². The lowest BCUT2D eigenvalue weighted by molar-refractivity contribution is 0.236. The number of hydrogen-bond acceptors (Lipinski definition) is 2. The smallest absolute Gasteiger partial charge is 0.314 e. The molecule has 0 heterocycles. The summed E-state index contributed by atoms with van der Waals surface area (Å²) in [5.41, 5.74) is 0.976. The Hall–Kier alpha value is -1.42. The predicted molar refractivity (Wildman–Crippen MR) is 78.0 cm³/mol. The number of hydrogen-bond donors (Lipinski definition) is 2. The largest absolute Gasteiger partial charge is 0.492 e. The lowest BCUT2D eigenvalue weighted by atomic mass is 10.2. The Labute approximate surface area is 119 Å². The number of carbonyl (C=O) groups excluding carboxylic acids is 1. The molecule has 0 saturated carbocycles. The van der Waals surface area contributed by atoms with Gasteiger partial charge in [-0.3, -0.25) is 0 Å². The van der Waals surface area contributed by atoms with Crippen LogP contribution >= 0.6 is 11.6 Å². The van der Waals surface area contributed by atoms with Gasteiger partial charge in [-0.25, -0.2) is 4.79 Å². The maximum absolute atomic E-state index is 11.3. The second kappa shape index (κ2) is 8.64. The highest BCUT2D eigenvalue weighted by molar-refractivity contribution is 6.31. The molecule has 2 N–H and O–H groups in total. The summed E-state index contributed by atoms with van der Waals surface area (Å²) in [6, 6.07) is 5.35. The van der Waals surface area contributed by atoms with Crippen molar-refractivity contribution in [3.8, 4) is 5.75 Å². The lowest BCUT2D eigenvalue weighted by Crippen LogP contribution is -2.38. The SMILES string of the molecule is CCCCNC(=O)NCCOc1ccc(Cl)c(C)c1. The number of ether oxygens (including phenoxy) is 1. The molecule has 0 unspecified atom stereocenters. The monoisotopic (exact) mass is 284 g/mol. The second-order valence-electron chi connectivity index (χ2n) is 4.30. The summed E-state index contributed by atoms with van der Waals surface area (Å²) in [7, 11) is 0. The minimum Gasteiger partial charge on any atom is -0.492 e. The van der Waals surface area contributed by atoms with Gasteiger partial charge < -0.3 is 15.4 Å². The molecule has 0 radical (unpaired) electrons. The number of unbranched alkanes of at least 4 members (excludes halogenated alkanes) is 1. The first-order valence-electron chi connectivity index (χ1n) is 6.54. The third-order valence-electron chi connectivity index (χ3n) is 2.60. The molecule has 1 rings (SSSR count). The molecule has 0 bridgehead atoms. The Morgan fingerprint density at radius 3 is 2.74 bits per heavy atom. The van der Waals surface area contributed by atoms with Crippen LogP contribution < -0.4 is 15.4 Å². The Balaban J connectivity index is 2.16. The maximum atomic E-state index is 11.3. The Morgan fingerprint density at radius 2 is 2.05 bits per heavy atom. The average Bonchev–Trinajstić information content (AvgIpc) is 2.39. The number of urea groups is 1. The molecule has 4 nitrogen and oxygen atoms in total. The van der Waals surface area contributed by atoms with E-state index in [0.29, 0.717) is 19.7 Å². The van der Waals surface area contributed by atoms with Crippen molar-refractivity contribution in [3.63, 3.8) is 0 Å². The van der Waals surface area contributed by atoms with Crippen LogP contribution in [-0.2, 0) is 0 Å². The van der Waals surface area contributed by atoms with Crippen LogP contribution in [0.5, 0.6) is 5.75 Å². The zero-order valence-electron chi connectivity index (χ0n) is 11.5. The number of halogens is 1. The van der Waals surface area contributed by atoms with Gasteiger partial charge in [-0.1, -0.05) is 24.9 Å². The van der Waals surface area contributed by atoms with E-state index >= 15 is 0 Å². The Bertz CT molecular complexity index is 410. The first-order chi connectivity index (χ1) is 9.13. The van der Waals surface area contributed by atoms with Gasteiger partial charge in [0.15, 0.2) is 0 Å². The number of nitrogens with one attached hydrogen (secondary N) is 2.